The molecule has 0 spiro atoms. The molecule has 2 heterocycles. The van der Waals surface area contributed by atoms with Crippen molar-refractivity contribution in [1.29, 1.82) is 0 Å². The van der Waals surface area contributed by atoms with Gasteiger partial charge in [-0.25, -0.2) is 4.98 Å². The number of nitrogens with one attached hydrogen (secondary N) is 3. The minimum absolute atomic E-state index is 0.0814. The second kappa shape index (κ2) is 4.61. The van der Waals surface area contributed by atoms with Crippen LogP contribution in [0.15, 0.2) is 36.7 Å². The summed E-state index contributed by atoms with van der Waals surface area (Å²) in [5.74, 6) is 0.811. The fourth-order valence-electron chi connectivity index (χ4n) is 2.04. The SMILES string of the molecule is Cc1nc2ccc(CNC(=O)c3cc[nH]c3)cc2[nH]1. The monoisotopic (exact) mass is 254 g/mol. The Morgan fingerprint density at radius 3 is 3.05 bits per heavy atom. The lowest BCUT2D eigenvalue weighted by Gasteiger charge is -2.04. The summed E-state index contributed by atoms with van der Waals surface area (Å²) in [4.78, 5) is 22.2. The van der Waals surface area contributed by atoms with Gasteiger partial charge >= 0.3 is 0 Å². The lowest BCUT2D eigenvalue weighted by atomic mass is 10.2. The number of carbonyl (C=O) groups is 1. The van der Waals surface area contributed by atoms with E-state index in [1.165, 1.54) is 0 Å². The zero-order chi connectivity index (χ0) is 13.2. The molecule has 1 amide bonds. The molecular weight excluding hydrogens is 240 g/mol. The Morgan fingerprint density at radius 1 is 1.37 bits per heavy atom. The first-order chi connectivity index (χ1) is 9.22. The molecule has 0 saturated carbocycles. The highest BCUT2D eigenvalue weighted by Crippen LogP contribution is 2.13. The number of hydrogen-bond donors (Lipinski definition) is 3. The summed E-state index contributed by atoms with van der Waals surface area (Å²) in [7, 11) is 0. The van der Waals surface area contributed by atoms with E-state index in [2.05, 4.69) is 20.3 Å². The summed E-state index contributed by atoms with van der Waals surface area (Å²) in [6.07, 6.45) is 3.41. The van der Waals surface area contributed by atoms with Gasteiger partial charge in [-0.05, 0) is 30.7 Å². The zero-order valence-corrected chi connectivity index (χ0v) is 10.5. The summed E-state index contributed by atoms with van der Waals surface area (Å²) in [5, 5.41) is 2.88. The molecular formula is C14H14N4O. The van der Waals surface area contributed by atoms with Gasteiger partial charge in [-0.3, -0.25) is 4.79 Å². The fourth-order valence-corrected chi connectivity index (χ4v) is 2.04. The van der Waals surface area contributed by atoms with Crippen LogP contribution in [0.4, 0.5) is 0 Å². The number of H-pyrrole nitrogens is 2. The third-order valence-corrected chi connectivity index (χ3v) is 2.98. The van der Waals surface area contributed by atoms with Crippen LogP contribution in [-0.2, 0) is 6.54 Å². The maximum atomic E-state index is 11.8. The van der Waals surface area contributed by atoms with Crippen molar-refractivity contribution in [2.75, 3.05) is 0 Å². The molecule has 0 unspecified atom stereocenters. The van der Waals surface area contributed by atoms with E-state index in [1.54, 1.807) is 18.5 Å². The van der Waals surface area contributed by atoms with Crippen molar-refractivity contribution in [2.45, 2.75) is 13.5 Å². The van der Waals surface area contributed by atoms with Gasteiger partial charge in [0.2, 0.25) is 0 Å². The van der Waals surface area contributed by atoms with Crippen molar-refractivity contribution in [3.05, 3.63) is 53.6 Å². The molecule has 0 aliphatic carbocycles. The number of rotatable bonds is 3. The smallest absolute Gasteiger partial charge is 0.253 e. The normalized spacial score (nSPS) is 10.8. The van der Waals surface area contributed by atoms with E-state index in [0.29, 0.717) is 12.1 Å². The van der Waals surface area contributed by atoms with E-state index in [-0.39, 0.29) is 5.91 Å². The topological polar surface area (TPSA) is 73.6 Å². The van der Waals surface area contributed by atoms with Gasteiger partial charge in [-0.1, -0.05) is 6.07 Å². The minimum Gasteiger partial charge on any atom is -0.367 e. The van der Waals surface area contributed by atoms with Crippen LogP contribution in [0.5, 0.6) is 0 Å². The molecule has 3 aromatic rings. The first kappa shape index (κ1) is 11.5. The molecule has 96 valence electrons. The minimum atomic E-state index is -0.0814. The second-order valence-corrected chi connectivity index (χ2v) is 4.46. The van der Waals surface area contributed by atoms with Gasteiger partial charge in [0, 0.05) is 18.9 Å². The van der Waals surface area contributed by atoms with Gasteiger partial charge in [0.1, 0.15) is 5.82 Å². The Bertz CT molecular complexity index is 712. The Kier molecular flexibility index (Phi) is 2.79. The number of amides is 1. The second-order valence-electron chi connectivity index (χ2n) is 4.46. The molecule has 5 heteroatoms. The molecule has 0 aliphatic heterocycles. The number of benzene rings is 1. The number of fused-ring (bicyclic) bond motifs is 1. The van der Waals surface area contributed by atoms with Crippen molar-refractivity contribution in [3.63, 3.8) is 0 Å². The highest BCUT2D eigenvalue weighted by atomic mass is 16.1. The lowest BCUT2D eigenvalue weighted by molar-refractivity contribution is 0.0951. The maximum absolute atomic E-state index is 11.8. The summed E-state index contributed by atoms with van der Waals surface area (Å²) in [6, 6.07) is 7.68. The Labute approximate surface area is 110 Å². The average Bonchev–Trinajstić information content (AvgIpc) is 3.03. The molecule has 1 aromatic carbocycles. The van der Waals surface area contributed by atoms with Gasteiger partial charge in [0.15, 0.2) is 0 Å². The quantitative estimate of drug-likeness (QED) is 0.670. The Balaban J connectivity index is 1.73. The molecule has 0 bridgehead atoms. The standard InChI is InChI=1S/C14H14N4O/c1-9-17-12-3-2-10(6-13(12)18-9)7-16-14(19)11-4-5-15-8-11/h2-6,8,15H,7H2,1H3,(H,16,19)(H,17,18). The van der Waals surface area contributed by atoms with Crippen LogP contribution in [0.25, 0.3) is 11.0 Å². The zero-order valence-electron chi connectivity index (χ0n) is 10.5. The van der Waals surface area contributed by atoms with Crippen molar-refractivity contribution < 1.29 is 4.79 Å². The third-order valence-electron chi connectivity index (χ3n) is 2.98. The third kappa shape index (κ3) is 2.35. The number of aryl methyl sites for hydroxylation is 1. The van der Waals surface area contributed by atoms with Crippen LogP contribution < -0.4 is 5.32 Å². The first-order valence-corrected chi connectivity index (χ1v) is 6.08. The largest absolute Gasteiger partial charge is 0.367 e. The van der Waals surface area contributed by atoms with Gasteiger partial charge in [-0.2, -0.15) is 0 Å². The van der Waals surface area contributed by atoms with Gasteiger partial charge < -0.3 is 15.3 Å². The molecule has 2 aromatic heterocycles. The molecule has 0 aliphatic rings. The summed E-state index contributed by atoms with van der Waals surface area (Å²) >= 11 is 0. The van der Waals surface area contributed by atoms with Crippen LogP contribution in [0.1, 0.15) is 21.7 Å². The average molecular weight is 254 g/mol. The fraction of sp³-hybridized carbons (Fsp3) is 0.143. The van der Waals surface area contributed by atoms with Crippen molar-refractivity contribution in [1.82, 2.24) is 20.3 Å². The first-order valence-electron chi connectivity index (χ1n) is 6.08. The highest BCUT2D eigenvalue weighted by molar-refractivity contribution is 5.93. The van der Waals surface area contributed by atoms with Crippen molar-refractivity contribution in [2.24, 2.45) is 0 Å². The maximum Gasteiger partial charge on any atom is 0.253 e. The molecule has 5 nitrogen and oxygen atoms in total. The van der Waals surface area contributed by atoms with Gasteiger partial charge in [0.25, 0.3) is 5.91 Å². The van der Waals surface area contributed by atoms with Crippen LogP contribution in [-0.4, -0.2) is 20.9 Å². The van der Waals surface area contributed by atoms with Crippen molar-refractivity contribution >= 4 is 16.9 Å². The number of aromatic nitrogens is 3. The van der Waals surface area contributed by atoms with Crippen molar-refractivity contribution in [3.8, 4) is 0 Å². The number of carbonyl (C=O) groups excluding carboxylic acids is 1. The van der Waals surface area contributed by atoms with E-state index in [4.69, 9.17) is 0 Å². The predicted octanol–water partition coefficient (Wildman–Crippen LogP) is 2.13. The van der Waals surface area contributed by atoms with Gasteiger partial charge in [0.05, 0.1) is 16.6 Å². The number of aromatic amines is 2. The molecule has 0 atom stereocenters. The number of nitrogens with zero attached hydrogens (tertiary/aromatic N) is 1. The summed E-state index contributed by atoms with van der Waals surface area (Å²) in [6.45, 7) is 2.42. The Morgan fingerprint density at radius 2 is 2.26 bits per heavy atom. The molecule has 3 rings (SSSR count). The van der Waals surface area contributed by atoms with E-state index >= 15 is 0 Å². The highest BCUT2D eigenvalue weighted by Gasteiger charge is 2.06. The molecule has 0 radical (unpaired) electrons. The van der Waals surface area contributed by atoms with E-state index in [9.17, 15) is 4.79 Å². The van der Waals surface area contributed by atoms with Crippen LogP contribution in [0.3, 0.4) is 0 Å². The van der Waals surface area contributed by atoms with Crippen LogP contribution >= 0.6 is 0 Å². The van der Waals surface area contributed by atoms with Crippen LogP contribution in [0.2, 0.25) is 0 Å². The number of imidazole rings is 1. The molecule has 19 heavy (non-hydrogen) atoms. The predicted molar refractivity (Wildman–Crippen MR) is 72.8 cm³/mol. The summed E-state index contributed by atoms with van der Waals surface area (Å²) in [5.41, 5.74) is 3.61. The summed E-state index contributed by atoms with van der Waals surface area (Å²) < 4.78 is 0. The Hall–Kier alpha value is -2.56. The molecule has 3 N–H and O–H groups in total. The van der Waals surface area contributed by atoms with E-state index < -0.39 is 0 Å². The van der Waals surface area contributed by atoms with E-state index in [0.717, 1.165) is 22.4 Å². The van der Waals surface area contributed by atoms with Crippen LogP contribution in [0, 0.1) is 6.92 Å². The lowest BCUT2D eigenvalue weighted by Crippen LogP contribution is -2.22. The van der Waals surface area contributed by atoms with Gasteiger partial charge in [-0.15, -0.1) is 0 Å². The van der Waals surface area contributed by atoms with E-state index in [1.807, 2.05) is 25.1 Å². The molecule has 0 saturated heterocycles. The number of hydrogen-bond acceptors (Lipinski definition) is 2. The molecule has 0 fully saturated rings.